The van der Waals surface area contributed by atoms with Crippen LogP contribution in [0.4, 0.5) is 0 Å². The number of hydrogen-bond donors (Lipinski definition) is 1. The summed E-state index contributed by atoms with van der Waals surface area (Å²) < 4.78 is 12.4. The lowest BCUT2D eigenvalue weighted by Gasteiger charge is -2.10. The Hall–Kier alpha value is -3.68. The van der Waals surface area contributed by atoms with Crippen molar-refractivity contribution in [3.8, 4) is 17.3 Å². The smallest absolute Gasteiger partial charge is 0.252 e. The maximum atomic E-state index is 13.0. The molecule has 0 aromatic carbocycles. The van der Waals surface area contributed by atoms with Gasteiger partial charge in [0.15, 0.2) is 11.4 Å². The highest BCUT2D eigenvalue weighted by Gasteiger charge is 2.19. The summed E-state index contributed by atoms with van der Waals surface area (Å²) in [7, 11) is 1.56. The van der Waals surface area contributed by atoms with Gasteiger partial charge in [-0.2, -0.15) is 5.10 Å². The second-order valence-corrected chi connectivity index (χ2v) is 6.84. The van der Waals surface area contributed by atoms with E-state index >= 15 is 0 Å². The van der Waals surface area contributed by atoms with Gasteiger partial charge in [0.1, 0.15) is 5.69 Å². The van der Waals surface area contributed by atoms with Gasteiger partial charge in [-0.05, 0) is 43.7 Å². The maximum absolute atomic E-state index is 13.0. The molecule has 0 aliphatic heterocycles. The number of carbonyl (C=O) groups excluding carboxylic acids is 1. The van der Waals surface area contributed by atoms with E-state index in [0.717, 1.165) is 5.56 Å². The fraction of sp³-hybridized carbons (Fsp3) is 0.238. The molecule has 0 fully saturated rings. The summed E-state index contributed by atoms with van der Waals surface area (Å²) in [4.78, 5) is 21.8. The minimum atomic E-state index is -0.218. The van der Waals surface area contributed by atoms with Crippen LogP contribution in [-0.2, 0) is 6.54 Å². The van der Waals surface area contributed by atoms with Gasteiger partial charge in [0, 0.05) is 24.8 Å². The highest BCUT2D eigenvalue weighted by Crippen LogP contribution is 2.26. The molecule has 4 rings (SSSR count). The standard InChI is InChI=1S/C21H21N5O3/c1-13(2)26-20-16(12-24-26)15(10-17(25-20)18-5-4-8-29-18)21(27)23-11-14-6-7-22-19(9-14)28-3/h4-10,12-13H,11H2,1-3H3,(H,23,27). The molecule has 8 nitrogen and oxygen atoms in total. The molecule has 0 spiro atoms. The quantitative estimate of drug-likeness (QED) is 0.540. The third-order valence-corrected chi connectivity index (χ3v) is 4.54. The fourth-order valence-corrected chi connectivity index (χ4v) is 3.08. The Kier molecular flexibility index (Phi) is 4.99. The monoisotopic (exact) mass is 391 g/mol. The van der Waals surface area contributed by atoms with Gasteiger partial charge in [0.2, 0.25) is 5.88 Å². The van der Waals surface area contributed by atoms with Gasteiger partial charge in [-0.25, -0.2) is 14.6 Å². The zero-order valence-electron chi connectivity index (χ0n) is 16.4. The average Bonchev–Trinajstić information content (AvgIpc) is 3.41. The Balaban J connectivity index is 1.70. The molecule has 4 aromatic rings. The molecule has 8 heteroatoms. The average molecular weight is 391 g/mol. The fourth-order valence-electron chi connectivity index (χ4n) is 3.08. The van der Waals surface area contributed by atoms with Crippen LogP contribution in [0, 0.1) is 0 Å². The van der Waals surface area contributed by atoms with Crippen molar-refractivity contribution in [3.05, 3.63) is 60.1 Å². The van der Waals surface area contributed by atoms with Gasteiger partial charge < -0.3 is 14.5 Å². The van der Waals surface area contributed by atoms with E-state index in [4.69, 9.17) is 9.15 Å². The molecule has 0 atom stereocenters. The summed E-state index contributed by atoms with van der Waals surface area (Å²) in [5.74, 6) is 0.877. The zero-order chi connectivity index (χ0) is 20.4. The zero-order valence-corrected chi connectivity index (χ0v) is 16.4. The summed E-state index contributed by atoms with van der Waals surface area (Å²) in [6.45, 7) is 4.38. The number of nitrogens with zero attached hydrogens (tertiary/aromatic N) is 4. The maximum Gasteiger partial charge on any atom is 0.252 e. The molecule has 4 aromatic heterocycles. The second kappa shape index (κ2) is 7.75. The first-order valence-corrected chi connectivity index (χ1v) is 9.26. The summed E-state index contributed by atoms with van der Waals surface area (Å²) in [6.07, 6.45) is 4.91. The van der Waals surface area contributed by atoms with Crippen LogP contribution < -0.4 is 10.1 Å². The third-order valence-electron chi connectivity index (χ3n) is 4.54. The van der Waals surface area contributed by atoms with Gasteiger partial charge in [0.25, 0.3) is 5.91 Å². The highest BCUT2D eigenvalue weighted by atomic mass is 16.5. The van der Waals surface area contributed by atoms with Crippen molar-refractivity contribution in [1.82, 2.24) is 25.1 Å². The molecular formula is C21H21N5O3. The van der Waals surface area contributed by atoms with Crippen molar-refractivity contribution in [1.29, 1.82) is 0 Å². The number of aromatic nitrogens is 4. The molecule has 1 amide bonds. The van der Waals surface area contributed by atoms with Gasteiger partial charge >= 0.3 is 0 Å². The van der Waals surface area contributed by atoms with Crippen LogP contribution in [0.15, 0.2) is 53.4 Å². The molecule has 148 valence electrons. The first kappa shape index (κ1) is 18.7. The molecule has 0 saturated carbocycles. The van der Waals surface area contributed by atoms with E-state index in [2.05, 4.69) is 20.4 Å². The van der Waals surface area contributed by atoms with Crippen molar-refractivity contribution in [3.63, 3.8) is 0 Å². The molecule has 0 radical (unpaired) electrons. The minimum absolute atomic E-state index is 0.104. The Labute approximate surface area is 167 Å². The molecule has 29 heavy (non-hydrogen) atoms. The SMILES string of the molecule is COc1cc(CNC(=O)c2cc(-c3ccco3)nc3c2cnn3C(C)C)ccn1. The highest BCUT2D eigenvalue weighted by molar-refractivity contribution is 6.06. The van der Waals surface area contributed by atoms with Crippen molar-refractivity contribution in [2.75, 3.05) is 7.11 Å². The predicted octanol–water partition coefficient (Wildman–Crippen LogP) is 3.61. The van der Waals surface area contributed by atoms with E-state index in [1.54, 1.807) is 48.6 Å². The lowest BCUT2D eigenvalue weighted by molar-refractivity contribution is 0.0952. The number of hydrogen-bond acceptors (Lipinski definition) is 6. The lowest BCUT2D eigenvalue weighted by atomic mass is 10.1. The number of ether oxygens (including phenoxy) is 1. The Morgan fingerprint density at radius 3 is 2.90 bits per heavy atom. The molecule has 0 aliphatic rings. The number of methoxy groups -OCH3 is 1. The number of amides is 1. The Morgan fingerprint density at radius 1 is 1.31 bits per heavy atom. The van der Waals surface area contributed by atoms with E-state index in [9.17, 15) is 4.79 Å². The molecular weight excluding hydrogens is 370 g/mol. The van der Waals surface area contributed by atoms with Gasteiger partial charge in [-0.1, -0.05) is 0 Å². The minimum Gasteiger partial charge on any atom is -0.481 e. The van der Waals surface area contributed by atoms with E-state index in [0.29, 0.717) is 40.5 Å². The van der Waals surface area contributed by atoms with E-state index in [1.165, 1.54) is 0 Å². The molecule has 0 aliphatic carbocycles. The van der Waals surface area contributed by atoms with Crippen molar-refractivity contribution < 1.29 is 13.9 Å². The Morgan fingerprint density at radius 2 is 2.17 bits per heavy atom. The lowest BCUT2D eigenvalue weighted by Crippen LogP contribution is -2.23. The number of rotatable bonds is 6. The van der Waals surface area contributed by atoms with Crippen LogP contribution in [0.1, 0.15) is 35.8 Å². The normalized spacial score (nSPS) is 11.2. The second-order valence-electron chi connectivity index (χ2n) is 6.84. The van der Waals surface area contributed by atoms with E-state index < -0.39 is 0 Å². The Bertz CT molecular complexity index is 1150. The van der Waals surface area contributed by atoms with Crippen LogP contribution in [0.2, 0.25) is 0 Å². The third kappa shape index (κ3) is 3.69. The van der Waals surface area contributed by atoms with Gasteiger partial charge in [-0.15, -0.1) is 0 Å². The van der Waals surface area contributed by atoms with Crippen molar-refractivity contribution in [2.45, 2.75) is 26.4 Å². The van der Waals surface area contributed by atoms with Crippen LogP contribution in [0.3, 0.4) is 0 Å². The molecule has 0 unspecified atom stereocenters. The summed E-state index contributed by atoms with van der Waals surface area (Å²) >= 11 is 0. The molecule has 1 N–H and O–H groups in total. The first-order valence-electron chi connectivity index (χ1n) is 9.26. The largest absolute Gasteiger partial charge is 0.481 e. The van der Waals surface area contributed by atoms with Crippen LogP contribution >= 0.6 is 0 Å². The summed E-state index contributed by atoms with van der Waals surface area (Å²) in [5, 5.41) is 8.07. The number of nitrogens with one attached hydrogen (secondary N) is 1. The van der Waals surface area contributed by atoms with E-state index in [-0.39, 0.29) is 11.9 Å². The predicted molar refractivity (Wildman–Crippen MR) is 108 cm³/mol. The van der Waals surface area contributed by atoms with Crippen molar-refractivity contribution >= 4 is 16.9 Å². The van der Waals surface area contributed by atoms with Crippen LogP contribution in [0.5, 0.6) is 5.88 Å². The van der Waals surface area contributed by atoms with E-state index in [1.807, 2.05) is 26.0 Å². The van der Waals surface area contributed by atoms with Crippen LogP contribution in [-0.4, -0.2) is 32.8 Å². The summed E-state index contributed by atoms with van der Waals surface area (Å²) in [6, 6.07) is 9.05. The number of fused-ring (bicyclic) bond motifs is 1. The number of furan rings is 1. The number of pyridine rings is 2. The van der Waals surface area contributed by atoms with Crippen LogP contribution in [0.25, 0.3) is 22.5 Å². The topological polar surface area (TPSA) is 95.1 Å². The summed E-state index contributed by atoms with van der Waals surface area (Å²) in [5.41, 5.74) is 2.61. The molecule has 0 bridgehead atoms. The number of carbonyl (C=O) groups is 1. The molecule has 0 saturated heterocycles. The van der Waals surface area contributed by atoms with Gasteiger partial charge in [0.05, 0.1) is 30.5 Å². The molecule has 4 heterocycles. The van der Waals surface area contributed by atoms with Crippen molar-refractivity contribution in [2.24, 2.45) is 0 Å². The van der Waals surface area contributed by atoms with Gasteiger partial charge in [-0.3, -0.25) is 4.79 Å². The first-order chi connectivity index (χ1) is 14.1.